The molecule has 1 heterocycles. The summed E-state index contributed by atoms with van der Waals surface area (Å²) in [7, 11) is 0. The second kappa shape index (κ2) is 14.1. The van der Waals surface area contributed by atoms with E-state index in [2.05, 4.69) is 240 Å². The summed E-state index contributed by atoms with van der Waals surface area (Å²) < 4.78 is 2.40. The summed E-state index contributed by atoms with van der Waals surface area (Å²) in [5.41, 5.74) is 14.0. The first kappa shape index (κ1) is 33.6. The van der Waals surface area contributed by atoms with Crippen LogP contribution >= 0.6 is 0 Å². The Labute approximate surface area is 338 Å². The van der Waals surface area contributed by atoms with E-state index in [-0.39, 0.29) is 0 Å². The molecule has 2 nitrogen and oxygen atoms in total. The van der Waals surface area contributed by atoms with Crippen molar-refractivity contribution in [2.75, 3.05) is 4.90 Å². The van der Waals surface area contributed by atoms with Crippen molar-refractivity contribution < 1.29 is 0 Å². The Morgan fingerprint density at radius 3 is 1.81 bits per heavy atom. The molecular weight excluding hydrogens is 701 g/mol. The van der Waals surface area contributed by atoms with Gasteiger partial charge in [0.2, 0.25) is 0 Å². The first-order chi connectivity index (χ1) is 28.8. The Morgan fingerprint density at radius 2 is 0.948 bits per heavy atom. The van der Waals surface area contributed by atoms with E-state index in [4.69, 9.17) is 0 Å². The van der Waals surface area contributed by atoms with Crippen LogP contribution in [0.3, 0.4) is 0 Å². The fraction of sp³-hybridized carbons (Fsp3) is 0. The lowest BCUT2D eigenvalue weighted by Gasteiger charge is -2.30. The maximum Gasteiger partial charge on any atom is 0.0547 e. The van der Waals surface area contributed by atoms with Crippen LogP contribution in [0.2, 0.25) is 0 Å². The van der Waals surface area contributed by atoms with Crippen LogP contribution in [0.1, 0.15) is 0 Å². The smallest absolute Gasteiger partial charge is 0.0547 e. The molecule has 0 bridgehead atoms. The number of benzene rings is 10. The Bertz CT molecular complexity index is 3290. The van der Waals surface area contributed by atoms with E-state index in [1.54, 1.807) is 0 Å². The van der Waals surface area contributed by atoms with Gasteiger partial charge in [-0.25, -0.2) is 0 Å². The minimum Gasteiger partial charge on any atom is -0.309 e. The van der Waals surface area contributed by atoms with Gasteiger partial charge < -0.3 is 9.47 Å². The number of fused-ring (bicyclic) bond motifs is 5. The van der Waals surface area contributed by atoms with Gasteiger partial charge in [-0.2, -0.15) is 0 Å². The van der Waals surface area contributed by atoms with Gasteiger partial charge in [-0.15, -0.1) is 0 Å². The number of hydrogen-bond acceptors (Lipinski definition) is 1. The molecule has 0 N–H and O–H groups in total. The van der Waals surface area contributed by atoms with Gasteiger partial charge in [-0.05, 0) is 98.6 Å². The first-order valence-corrected chi connectivity index (χ1v) is 19.9. The summed E-state index contributed by atoms with van der Waals surface area (Å²) in [6, 6.07) is 83.8. The number of nitrogens with zero attached hydrogens (tertiary/aromatic N) is 2. The number of rotatable bonds is 7. The van der Waals surface area contributed by atoms with Crippen molar-refractivity contribution in [3.8, 4) is 39.1 Å². The van der Waals surface area contributed by atoms with Crippen LogP contribution in [0.25, 0.3) is 82.4 Å². The molecule has 2 heteroatoms. The molecule has 0 aliphatic carbocycles. The summed E-state index contributed by atoms with van der Waals surface area (Å²) in [6.07, 6.45) is 0. The second-order valence-electron chi connectivity index (χ2n) is 14.9. The molecule has 0 unspecified atom stereocenters. The maximum absolute atomic E-state index is 2.48. The van der Waals surface area contributed by atoms with Crippen molar-refractivity contribution >= 4 is 60.4 Å². The lowest BCUT2D eigenvalue weighted by molar-refractivity contribution is 1.18. The lowest BCUT2D eigenvalue weighted by Crippen LogP contribution is -2.12. The third-order valence-corrected chi connectivity index (χ3v) is 11.6. The van der Waals surface area contributed by atoms with Crippen LogP contribution in [-0.2, 0) is 0 Å². The van der Waals surface area contributed by atoms with E-state index in [0.29, 0.717) is 0 Å². The zero-order valence-electron chi connectivity index (χ0n) is 31.8. The molecule has 0 aliphatic heterocycles. The molecule has 0 amide bonds. The topological polar surface area (TPSA) is 8.17 Å². The van der Waals surface area contributed by atoms with Crippen molar-refractivity contribution in [2.24, 2.45) is 0 Å². The van der Waals surface area contributed by atoms with Crippen molar-refractivity contribution in [2.45, 2.75) is 0 Å². The van der Waals surface area contributed by atoms with E-state index < -0.39 is 0 Å². The van der Waals surface area contributed by atoms with E-state index in [9.17, 15) is 0 Å². The molecule has 10 aromatic carbocycles. The average molecular weight is 739 g/mol. The minimum absolute atomic E-state index is 1.09. The zero-order valence-corrected chi connectivity index (χ0v) is 31.8. The van der Waals surface area contributed by atoms with Gasteiger partial charge in [-0.3, -0.25) is 0 Å². The normalized spacial score (nSPS) is 11.4. The van der Waals surface area contributed by atoms with Gasteiger partial charge in [0.25, 0.3) is 0 Å². The molecule has 272 valence electrons. The molecule has 0 saturated heterocycles. The largest absolute Gasteiger partial charge is 0.309 e. The van der Waals surface area contributed by atoms with Gasteiger partial charge in [0.15, 0.2) is 0 Å². The van der Waals surface area contributed by atoms with Gasteiger partial charge in [0.05, 0.1) is 22.4 Å². The quantitative estimate of drug-likeness (QED) is 0.158. The highest BCUT2D eigenvalue weighted by Crippen LogP contribution is 2.48. The molecule has 1 aromatic heterocycles. The Balaban J connectivity index is 1.18. The fourth-order valence-electron chi connectivity index (χ4n) is 8.95. The number of hydrogen-bond donors (Lipinski definition) is 0. The average Bonchev–Trinajstić information content (AvgIpc) is 3.65. The maximum atomic E-state index is 2.48. The van der Waals surface area contributed by atoms with E-state index >= 15 is 0 Å². The summed E-state index contributed by atoms with van der Waals surface area (Å²) in [5.74, 6) is 0. The third-order valence-electron chi connectivity index (χ3n) is 11.6. The molecule has 58 heavy (non-hydrogen) atoms. The van der Waals surface area contributed by atoms with Crippen LogP contribution in [0.15, 0.2) is 231 Å². The number of anilines is 3. The summed E-state index contributed by atoms with van der Waals surface area (Å²) in [5, 5.41) is 7.36. The first-order valence-electron chi connectivity index (χ1n) is 19.9. The molecule has 0 radical (unpaired) electrons. The van der Waals surface area contributed by atoms with Crippen LogP contribution in [-0.4, -0.2) is 4.57 Å². The summed E-state index contributed by atoms with van der Waals surface area (Å²) in [6.45, 7) is 0. The second-order valence-corrected chi connectivity index (χ2v) is 14.9. The Morgan fingerprint density at radius 1 is 0.310 bits per heavy atom. The van der Waals surface area contributed by atoms with Crippen LogP contribution < -0.4 is 4.90 Å². The molecule has 11 aromatic rings. The SMILES string of the molecule is c1ccc(-c2cccc(N(c3ccccc3-c3cccc4c3c3ccccc3n4-c3ccccc3)c3ccc(-c4ccc5ccccc5c4)c4ccccc34)c2)cc1. The Kier molecular flexibility index (Phi) is 8.19. The molecule has 0 spiro atoms. The highest BCUT2D eigenvalue weighted by atomic mass is 15.1. The predicted octanol–water partition coefficient (Wildman–Crippen LogP) is 15.6. The highest BCUT2D eigenvalue weighted by molar-refractivity contribution is 6.17. The monoisotopic (exact) mass is 738 g/mol. The standard InChI is InChI=1S/C56H38N2/c1-3-17-39(18-4-1)42-21-15-24-45(38-42)58(54-36-35-46(47-25-9-10-26-48(47)54)43-34-33-40-19-7-8-20-41(40)37-43)52-30-13-11-27-49(52)50-29-16-32-55-56(50)51-28-12-14-31-53(51)57(55)44-22-5-2-6-23-44/h1-38H. The number of para-hydroxylation sites is 3. The van der Waals surface area contributed by atoms with Crippen molar-refractivity contribution in [3.63, 3.8) is 0 Å². The number of aromatic nitrogens is 1. The zero-order chi connectivity index (χ0) is 38.4. The van der Waals surface area contributed by atoms with Crippen molar-refractivity contribution in [1.82, 2.24) is 4.57 Å². The van der Waals surface area contributed by atoms with Crippen LogP contribution in [0, 0.1) is 0 Å². The van der Waals surface area contributed by atoms with E-state index in [1.807, 2.05) is 0 Å². The molecule has 0 atom stereocenters. The van der Waals surface area contributed by atoms with Gasteiger partial charge in [-0.1, -0.05) is 176 Å². The molecule has 11 rings (SSSR count). The van der Waals surface area contributed by atoms with E-state index in [1.165, 1.54) is 71.2 Å². The van der Waals surface area contributed by atoms with Gasteiger partial charge >= 0.3 is 0 Å². The van der Waals surface area contributed by atoms with Crippen molar-refractivity contribution in [3.05, 3.63) is 231 Å². The van der Waals surface area contributed by atoms with Crippen LogP contribution in [0.4, 0.5) is 17.1 Å². The van der Waals surface area contributed by atoms with E-state index in [0.717, 1.165) is 28.3 Å². The molecule has 0 aliphatic rings. The summed E-state index contributed by atoms with van der Waals surface area (Å²) >= 11 is 0. The Hall–Kier alpha value is -7.68. The molecular formula is C56H38N2. The van der Waals surface area contributed by atoms with Crippen LogP contribution in [0.5, 0.6) is 0 Å². The van der Waals surface area contributed by atoms with Gasteiger partial charge in [0.1, 0.15) is 0 Å². The fourth-order valence-corrected chi connectivity index (χ4v) is 8.95. The van der Waals surface area contributed by atoms with Gasteiger partial charge in [0, 0.05) is 33.1 Å². The third kappa shape index (κ3) is 5.66. The highest BCUT2D eigenvalue weighted by Gasteiger charge is 2.23. The van der Waals surface area contributed by atoms with Crippen molar-refractivity contribution in [1.29, 1.82) is 0 Å². The lowest BCUT2D eigenvalue weighted by atomic mass is 9.93. The minimum atomic E-state index is 1.09. The summed E-state index contributed by atoms with van der Waals surface area (Å²) in [4.78, 5) is 2.48. The predicted molar refractivity (Wildman–Crippen MR) is 247 cm³/mol. The molecule has 0 saturated carbocycles. The molecule has 0 fully saturated rings.